The molecule has 182 valence electrons. The van der Waals surface area contributed by atoms with E-state index in [0.29, 0.717) is 13.1 Å². The quantitative estimate of drug-likeness (QED) is 0.663. The number of benzene rings is 2. The van der Waals surface area contributed by atoms with Gasteiger partial charge in [-0.2, -0.15) is 0 Å². The molecule has 0 radical (unpaired) electrons. The van der Waals surface area contributed by atoms with Gasteiger partial charge >= 0.3 is 12.1 Å². The van der Waals surface area contributed by atoms with E-state index in [2.05, 4.69) is 29.6 Å². The maximum atomic E-state index is 13.4. The molecule has 2 aromatic rings. The van der Waals surface area contributed by atoms with Crippen LogP contribution in [0.3, 0.4) is 0 Å². The highest BCUT2D eigenvalue weighted by Gasteiger charge is 2.58. The molecule has 4 aliphatic rings. The van der Waals surface area contributed by atoms with Gasteiger partial charge in [0.15, 0.2) is 0 Å². The van der Waals surface area contributed by atoms with Crippen molar-refractivity contribution in [2.24, 2.45) is 23.7 Å². The van der Waals surface area contributed by atoms with Crippen molar-refractivity contribution in [2.45, 2.75) is 37.6 Å². The number of piperidine rings is 1. The second-order valence-electron chi connectivity index (χ2n) is 10.4. The molecule has 0 aromatic heterocycles. The van der Waals surface area contributed by atoms with E-state index in [1.807, 2.05) is 24.3 Å². The lowest BCUT2D eigenvalue weighted by Crippen LogP contribution is -2.55. The van der Waals surface area contributed by atoms with E-state index in [0.717, 1.165) is 36.8 Å². The van der Waals surface area contributed by atoms with E-state index in [-0.39, 0.29) is 42.1 Å². The van der Waals surface area contributed by atoms with Crippen LogP contribution in [0.4, 0.5) is 4.79 Å². The van der Waals surface area contributed by atoms with Crippen LogP contribution in [0.25, 0.3) is 11.1 Å². The molecule has 2 N–H and O–H groups in total. The van der Waals surface area contributed by atoms with Gasteiger partial charge in [-0.25, -0.2) is 4.79 Å². The van der Waals surface area contributed by atoms with Crippen LogP contribution in [-0.2, 0) is 14.3 Å². The number of ether oxygens (including phenoxy) is 1. The number of carbonyl (C=O) groups is 3. The Kier molecular flexibility index (Phi) is 5.50. The zero-order valence-corrected chi connectivity index (χ0v) is 19.6. The highest BCUT2D eigenvalue weighted by atomic mass is 16.5. The Morgan fingerprint density at radius 3 is 2.23 bits per heavy atom. The Morgan fingerprint density at radius 1 is 0.971 bits per heavy atom. The summed E-state index contributed by atoms with van der Waals surface area (Å²) in [6.07, 6.45) is 3.00. The molecule has 7 heteroatoms. The Morgan fingerprint density at radius 2 is 1.63 bits per heavy atom. The molecule has 3 aliphatic carbocycles. The average Bonchev–Trinajstić information content (AvgIpc) is 3.48. The van der Waals surface area contributed by atoms with Crippen molar-refractivity contribution in [2.75, 3.05) is 19.7 Å². The molecule has 4 atom stereocenters. The van der Waals surface area contributed by atoms with E-state index < -0.39 is 18.1 Å². The van der Waals surface area contributed by atoms with Gasteiger partial charge in [-0.05, 0) is 59.3 Å². The van der Waals surface area contributed by atoms with Crippen LogP contribution < -0.4 is 5.32 Å². The fourth-order valence-corrected chi connectivity index (χ4v) is 6.42. The van der Waals surface area contributed by atoms with E-state index in [9.17, 15) is 19.5 Å². The summed E-state index contributed by atoms with van der Waals surface area (Å²) in [7, 11) is 0. The van der Waals surface area contributed by atoms with Crippen LogP contribution in [0.2, 0.25) is 0 Å². The summed E-state index contributed by atoms with van der Waals surface area (Å²) in [5, 5.41) is 12.2. The van der Waals surface area contributed by atoms with Gasteiger partial charge in [0.25, 0.3) is 0 Å². The normalized spacial score (nSPS) is 25.5. The fourth-order valence-electron chi connectivity index (χ4n) is 6.42. The average molecular weight is 475 g/mol. The van der Waals surface area contributed by atoms with Crippen LogP contribution >= 0.6 is 0 Å². The molecular formula is C28H30N2O5. The van der Waals surface area contributed by atoms with Crippen LogP contribution in [-0.4, -0.2) is 53.7 Å². The lowest BCUT2D eigenvalue weighted by Gasteiger charge is -2.37. The lowest BCUT2D eigenvalue weighted by atomic mass is 9.79. The van der Waals surface area contributed by atoms with Crippen LogP contribution in [0.1, 0.15) is 42.7 Å². The minimum absolute atomic E-state index is 0.0344. The van der Waals surface area contributed by atoms with Gasteiger partial charge in [-0.15, -0.1) is 0 Å². The highest BCUT2D eigenvalue weighted by molar-refractivity contribution is 5.87. The zero-order valence-electron chi connectivity index (χ0n) is 19.6. The molecule has 1 heterocycles. The van der Waals surface area contributed by atoms with Gasteiger partial charge in [-0.1, -0.05) is 55.0 Å². The number of alkyl carbamates (subject to hydrolysis) is 1. The van der Waals surface area contributed by atoms with Gasteiger partial charge in [-0.3, -0.25) is 9.59 Å². The fraction of sp³-hybridized carbons (Fsp3) is 0.464. The molecular weight excluding hydrogens is 444 g/mol. The van der Waals surface area contributed by atoms with E-state index in [4.69, 9.17) is 4.74 Å². The van der Waals surface area contributed by atoms with Crippen molar-refractivity contribution in [1.29, 1.82) is 0 Å². The molecule has 3 fully saturated rings. The van der Waals surface area contributed by atoms with Gasteiger partial charge < -0.3 is 20.1 Å². The molecule has 2 saturated carbocycles. The summed E-state index contributed by atoms with van der Waals surface area (Å²) in [6, 6.07) is 15.8. The molecule has 0 bridgehead atoms. The number of likely N-dealkylation sites (tertiary alicyclic amines) is 1. The monoisotopic (exact) mass is 474 g/mol. The molecule has 2 amide bonds. The Balaban J connectivity index is 1.11. The summed E-state index contributed by atoms with van der Waals surface area (Å²) in [4.78, 5) is 39.5. The number of hydrogen-bond donors (Lipinski definition) is 2. The van der Waals surface area contributed by atoms with Gasteiger partial charge in [0.2, 0.25) is 5.91 Å². The van der Waals surface area contributed by atoms with Crippen LogP contribution in [0, 0.1) is 23.7 Å². The third-order valence-corrected chi connectivity index (χ3v) is 8.60. The van der Waals surface area contributed by atoms with Crippen molar-refractivity contribution in [3.63, 3.8) is 0 Å². The summed E-state index contributed by atoms with van der Waals surface area (Å²) >= 11 is 0. The van der Waals surface area contributed by atoms with Crippen molar-refractivity contribution >= 4 is 18.0 Å². The molecule has 1 saturated heterocycles. The molecule has 35 heavy (non-hydrogen) atoms. The lowest BCUT2D eigenvalue weighted by molar-refractivity contribution is -0.140. The predicted octanol–water partition coefficient (Wildman–Crippen LogP) is 3.87. The molecule has 0 spiro atoms. The number of aliphatic carboxylic acids is 1. The Bertz CT molecular complexity index is 1130. The summed E-state index contributed by atoms with van der Waals surface area (Å²) in [5.74, 6) is -0.886. The van der Waals surface area contributed by atoms with Gasteiger partial charge in [0, 0.05) is 19.0 Å². The third-order valence-electron chi connectivity index (χ3n) is 8.60. The van der Waals surface area contributed by atoms with E-state index in [1.54, 1.807) is 4.90 Å². The van der Waals surface area contributed by atoms with Gasteiger partial charge in [0.1, 0.15) is 12.6 Å². The Labute approximate surface area is 204 Å². The molecule has 4 unspecified atom stereocenters. The first-order valence-electron chi connectivity index (χ1n) is 12.7. The molecule has 2 aromatic carbocycles. The number of fused-ring (bicyclic) bond motifs is 4. The summed E-state index contributed by atoms with van der Waals surface area (Å²) in [6.45, 7) is 1.23. The van der Waals surface area contributed by atoms with E-state index >= 15 is 0 Å². The summed E-state index contributed by atoms with van der Waals surface area (Å²) in [5.41, 5.74) is 4.63. The standard InChI is InChI=1S/C28H30N2O5/c31-26(30-13-12-21-22(14-30)24(21)27(32)33)25(16-6-5-7-16)29-28(34)35-15-23-19-10-3-1-8-17(19)18-9-2-4-11-20(18)23/h1-4,8-11,16,21-25H,5-7,12-15H2,(H,29,34)(H,32,33). The number of nitrogens with zero attached hydrogens (tertiary/aromatic N) is 1. The largest absolute Gasteiger partial charge is 0.481 e. The smallest absolute Gasteiger partial charge is 0.407 e. The number of nitrogens with one attached hydrogen (secondary N) is 1. The maximum Gasteiger partial charge on any atom is 0.407 e. The van der Waals surface area contributed by atoms with E-state index in [1.165, 1.54) is 11.1 Å². The van der Waals surface area contributed by atoms with Gasteiger partial charge in [0.05, 0.1) is 5.92 Å². The predicted molar refractivity (Wildman–Crippen MR) is 129 cm³/mol. The van der Waals surface area contributed by atoms with Crippen LogP contribution in [0.15, 0.2) is 48.5 Å². The molecule has 7 nitrogen and oxygen atoms in total. The number of carbonyl (C=O) groups excluding carboxylic acids is 2. The maximum absolute atomic E-state index is 13.4. The highest BCUT2D eigenvalue weighted by Crippen LogP contribution is 2.52. The number of carboxylic acid groups (broad SMARTS) is 1. The number of carboxylic acids is 1. The van der Waals surface area contributed by atoms with Crippen LogP contribution in [0.5, 0.6) is 0 Å². The minimum atomic E-state index is -0.762. The van der Waals surface area contributed by atoms with Crippen molar-refractivity contribution < 1.29 is 24.2 Å². The second kappa shape index (κ2) is 8.70. The SMILES string of the molecule is O=C(NC(C(=O)N1CCC2C(C1)C2C(=O)O)C1CCC1)OCC1c2ccccc2-c2ccccc21. The zero-order chi connectivity index (χ0) is 24.1. The van der Waals surface area contributed by atoms with Crippen molar-refractivity contribution in [1.82, 2.24) is 10.2 Å². The first-order chi connectivity index (χ1) is 17.0. The number of rotatable bonds is 6. The number of amides is 2. The minimum Gasteiger partial charge on any atom is -0.481 e. The molecule has 6 rings (SSSR count). The first-order valence-corrected chi connectivity index (χ1v) is 12.7. The van der Waals surface area contributed by atoms with Crippen molar-refractivity contribution in [3.8, 4) is 11.1 Å². The topological polar surface area (TPSA) is 95.9 Å². The third kappa shape index (κ3) is 3.87. The number of hydrogen-bond acceptors (Lipinski definition) is 4. The second-order valence-corrected chi connectivity index (χ2v) is 10.4. The Hall–Kier alpha value is -3.35. The molecule has 1 aliphatic heterocycles. The van der Waals surface area contributed by atoms with Crippen molar-refractivity contribution in [3.05, 3.63) is 59.7 Å². The summed E-state index contributed by atoms with van der Waals surface area (Å²) < 4.78 is 5.71. The first kappa shape index (κ1) is 22.1.